The molecule has 0 aromatic heterocycles. The number of hydrogen-bond acceptors (Lipinski definition) is 7. The Hall–Kier alpha value is -3.32. The van der Waals surface area contributed by atoms with E-state index in [1.54, 1.807) is 0 Å². The fraction of sp³-hybridized carbons (Fsp3) is 0.593. The van der Waals surface area contributed by atoms with Crippen LogP contribution >= 0.6 is 7.60 Å². The van der Waals surface area contributed by atoms with E-state index in [0.29, 0.717) is 31.4 Å². The molecule has 234 valence electrons. The van der Waals surface area contributed by atoms with E-state index in [4.69, 9.17) is 0 Å². The minimum atomic E-state index is -4.79. The molecule has 7 N–H and O–H groups in total. The molecule has 0 saturated carbocycles. The van der Waals surface area contributed by atoms with Gasteiger partial charge in [0, 0.05) is 26.9 Å². The van der Waals surface area contributed by atoms with Crippen molar-refractivity contribution in [3.8, 4) is 0 Å². The van der Waals surface area contributed by atoms with Gasteiger partial charge in [-0.1, -0.05) is 38.1 Å². The van der Waals surface area contributed by atoms with E-state index in [0.717, 1.165) is 0 Å². The van der Waals surface area contributed by atoms with Crippen molar-refractivity contribution >= 4 is 37.1 Å². The number of hydrogen-bond donors (Lipinski definition) is 7. The van der Waals surface area contributed by atoms with Gasteiger partial charge < -0.3 is 41.1 Å². The third kappa shape index (κ3) is 9.90. The van der Waals surface area contributed by atoms with Crippen LogP contribution in [0.5, 0.6) is 0 Å². The molecule has 0 bridgehead atoms. The molecule has 5 atom stereocenters. The Balaban J connectivity index is 2.28. The highest BCUT2D eigenvalue weighted by Crippen LogP contribution is 2.49. The SMILES string of the molecule is CNC(=O)[C@H](C)NC(=O)[C@H](Cc1ccc(C(O)P(=O)(O)O)cc1)NC(=O)[C@@H]1CCCN1C(=O)[C@H](CC(C)C)NC(C)=O. The molecule has 1 saturated heterocycles. The topological polar surface area (TPSA) is 214 Å². The lowest BCUT2D eigenvalue weighted by Crippen LogP contribution is -2.58. The zero-order valence-corrected chi connectivity index (χ0v) is 25.4. The molecule has 0 radical (unpaired) electrons. The van der Waals surface area contributed by atoms with Crippen LogP contribution in [0.4, 0.5) is 0 Å². The number of benzene rings is 1. The molecule has 2 rings (SSSR count). The lowest BCUT2D eigenvalue weighted by molar-refractivity contribution is -0.142. The van der Waals surface area contributed by atoms with Gasteiger partial charge in [0.05, 0.1) is 0 Å². The van der Waals surface area contributed by atoms with Crippen LogP contribution < -0.4 is 21.3 Å². The summed E-state index contributed by atoms with van der Waals surface area (Å²) in [5, 5.41) is 20.2. The maximum Gasteiger partial charge on any atom is 0.358 e. The molecular formula is C27H42N5O9P. The first kappa shape index (κ1) is 34.9. The predicted octanol–water partition coefficient (Wildman–Crippen LogP) is -0.325. The second-order valence-corrected chi connectivity index (χ2v) is 12.6. The summed E-state index contributed by atoms with van der Waals surface area (Å²) in [6.07, 6.45) is 1.22. The third-order valence-electron chi connectivity index (χ3n) is 6.89. The average Bonchev–Trinajstić information content (AvgIpc) is 3.40. The molecular weight excluding hydrogens is 569 g/mol. The number of likely N-dealkylation sites (tertiary alicyclic amines) is 1. The first-order valence-electron chi connectivity index (χ1n) is 13.8. The number of aliphatic hydroxyl groups is 1. The largest absolute Gasteiger partial charge is 0.376 e. The van der Waals surface area contributed by atoms with Crippen molar-refractivity contribution in [2.45, 2.75) is 83.4 Å². The summed E-state index contributed by atoms with van der Waals surface area (Å²) in [5.74, 6) is -4.35. The van der Waals surface area contributed by atoms with Crippen molar-refractivity contribution in [2.75, 3.05) is 13.6 Å². The molecule has 1 aromatic carbocycles. The molecule has 42 heavy (non-hydrogen) atoms. The summed E-state index contributed by atoms with van der Waals surface area (Å²) in [5.41, 5.74) is 0.465. The highest BCUT2D eigenvalue weighted by Gasteiger charge is 2.39. The van der Waals surface area contributed by atoms with Crippen molar-refractivity contribution in [1.29, 1.82) is 0 Å². The number of carbonyl (C=O) groups is 5. The average molecular weight is 612 g/mol. The van der Waals surface area contributed by atoms with Crippen molar-refractivity contribution in [3.05, 3.63) is 35.4 Å². The highest BCUT2D eigenvalue weighted by molar-refractivity contribution is 7.51. The van der Waals surface area contributed by atoms with Crippen LogP contribution in [0, 0.1) is 5.92 Å². The van der Waals surface area contributed by atoms with Crippen LogP contribution in [0.3, 0.4) is 0 Å². The Labute approximate surface area is 245 Å². The number of nitrogens with one attached hydrogen (secondary N) is 4. The zero-order chi connectivity index (χ0) is 31.8. The Morgan fingerprint density at radius 3 is 2.12 bits per heavy atom. The first-order chi connectivity index (χ1) is 19.5. The molecule has 1 aliphatic rings. The summed E-state index contributed by atoms with van der Waals surface area (Å²) in [6.45, 7) is 6.93. The number of carbonyl (C=O) groups excluding carboxylic acids is 5. The Morgan fingerprint density at radius 1 is 0.976 bits per heavy atom. The number of nitrogens with zero attached hydrogens (tertiary/aromatic N) is 1. The van der Waals surface area contributed by atoms with Gasteiger partial charge in [0.1, 0.15) is 24.2 Å². The first-order valence-corrected chi connectivity index (χ1v) is 15.4. The van der Waals surface area contributed by atoms with Crippen LogP contribution in [0.2, 0.25) is 0 Å². The van der Waals surface area contributed by atoms with E-state index in [-0.39, 0.29) is 29.7 Å². The fourth-order valence-corrected chi connectivity index (χ4v) is 5.33. The van der Waals surface area contributed by atoms with Gasteiger partial charge in [-0.3, -0.25) is 28.5 Å². The van der Waals surface area contributed by atoms with Gasteiger partial charge in [-0.25, -0.2) is 0 Å². The van der Waals surface area contributed by atoms with Gasteiger partial charge in [-0.05, 0) is 43.2 Å². The standard InChI is InChI=1S/C27H42N5O9P/c1-15(2)13-21(30-17(4)33)26(37)32-12-6-7-22(32)25(36)31-20(24(35)29-16(3)23(34)28-5)14-18-8-10-19(11-9-18)27(38)42(39,40)41/h8-11,15-16,20-22,27,38H,6-7,12-14H2,1-5H3,(H,28,34)(H,29,35)(H,30,33)(H,31,36)(H2,39,40,41)/t16-,20-,21-,22-,27?/m0/s1. The van der Waals surface area contributed by atoms with E-state index in [1.165, 1.54) is 50.1 Å². The number of likely N-dealkylation sites (N-methyl/N-ethyl adjacent to an activating group) is 1. The predicted molar refractivity (Wildman–Crippen MR) is 153 cm³/mol. The highest BCUT2D eigenvalue weighted by atomic mass is 31.2. The summed E-state index contributed by atoms with van der Waals surface area (Å²) in [6, 6.07) is 1.74. The Kier molecular flexibility index (Phi) is 12.7. The van der Waals surface area contributed by atoms with E-state index in [1.807, 2.05) is 13.8 Å². The van der Waals surface area contributed by atoms with Crippen LogP contribution in [0.1, 0.15) is 63.9 Å². The maximum absolute atomic E-state index is 13.5. The summed E-state index contributed by atoms with van der Waals surface area (Å²) < 4.78 is 11.4. The molecule has 5 amide bonds. The van der Waals surface area contributed by atoms with E-state index in [2.05, 4.69) is 21.3 Å². The minimum Gasteiger partial charge on any atom is -0.376 e. The van der Waals surface area contributed by atoms with Gasteiger partial charge in [0.25, 0.3) is 0 Å². The number of aliphatic hydroxyl groups excluding tert-OH is 1. The van der Waals surface area contributed by atoms with E-state index < -0.39 is 55.3 Å². The lowest BCUT2D eigenvalue weighted by Gasteiger charge is -2.30. The molecule has 0 aliphatic carbocycles. The molecule has 0 spiro atoms. The number of rotatable bonds is 13. The normalized spacial score (nSPS) is 18.0. The van der Waals surface area contributed by atoms with Gasteiger partial charge in [0.15, 0.2) is 5.85 Å². The third-order valence-corrected chi connectivity index (χ3v) is 7.82. The lowest BCUT2D eigenvalue weighted by atomic mass is 10.0. The Bertz CT molecular complexity index is 1190. The molecule has 1 heterocycles. The van der Waals surface area contributed by atoms with Gasteiger partial charge in [-0.15, -0.1) is 0 Å². The van der Waals surface area contributed by atoms with Crippen molar-refractivity contribution in [2.24, 2.45) is 5.92 Å². The van der Waals surface area contributed by atoms with Gasteiger partial charge in [0.2, 0.25) is 29.5 Å². The van der Waals surface area contributed by atoms with Crippen molar-refractivity contribution < 1.29 is 43.4 Å². The molecule has 15 heteroatoms. The van der Waals surface area contributed by atoms with Crippen LogP contribution in [-0.4, -0.2) is 87.1 Å². The Morgan fingerprint density at radius 2 is 1.60 bits per heavy atom. The van der Waals surface area contributed by atoms with Crippen LogP contribution in [-0.2, 0) is 35.0 Å². The van der Waals surface area contributed by atoms with Crippen molar-refractivity contribution in [3.63, 3.8) is 0 Å². The van der Waals surface area contributed by atoms with Gasteiger partial charge >= 0.3 is 7.60 Å². The zero-order valence-electron chi connectivity index (χ0n) is 24.5. The van der Waals surface area contributed by atoms with E-state index in [9.17, 15) is 43.4 Å². The van der Waals surface area contributed by atoms with Crippen LogP contribution in [0.25, 0.3) is 0 Å². The summed E-state index contributed by atoms with van der Waals surface area (Å²) >= 11 is 0. The molecule has 1 aromatic rings. The monoisotopic (exact) mass is 611 g/mol. The molecule has 14 nitrogen and oxygen atoms in total. The second-order valence-electron chi connectivity index (χ2n) is 10.9. The molecule has 1 unspecified atom stereocenters. The van der Waals surface area contributed by atoms with Gasteiger partial charge in [-0.2, -0.15) is 0 Å². The summed E-state index contributed by atoms with van der Waals surface area (Å²) in [4.78, 5) is 83.7. The fourth-order valence-electron chi connectivity index (χ4n) is 4.77. The van der Waals surface area contributed by atoms with Crippen LogP contribution in [0.15, 0.2) is 24.3 Å². The van der Waals surface area contributed by atoms with E-state index >= 15 is 0 Å². The summed E-state index contributed by atoms with van der Waals surface area (Å²) in [7, 11) is -3.38. The second kappa shape index (κ2) is 15.2. The van der Waals surface area contributed by atoms with Crippen molar-refractivity contribution in [1.82, 2.24) is 26.2 Å². The maximum atomic E-state index is 13.5. The smallest absolute Gasteiger partial charge is 0.358 e. The quantitative estimate of drug-likeness (QED) is 0.145. The minimum absolute atomic E-state index is 0.0272. The molecule has 1 fully saturated rings. The number of amides is 5. The molecule has 1 aliphatic heterocycles.